The SMILES string of the molecule is O=C(Nc1ccc2c(c1)OC(F)(F)O2)N1CCCC(c2ccn[nH]2)C1. The number of aromatic amines is 1. The number of benzene rings is 1. The number of H-pyrrole nitrogens is 1. The van der Waals surface area contributed by atoms with Crippen molar-refractivity contribution in [3.05, 3.63) is 36.2 Å². The van der Waals surface area contributed by atoms with Gasteiger partial charge in [0, 0.05) is 42.7 Å². The predicted molar refractivity (Wildman–Crippen MR) is 83.8 cm³/mol. The zero-order chi connectivity index (χ0) is 17.4. The summed E-state index contributed by atoms with van der Waals surface area (Å²) in [5.74, 6) is 0.0505. The summed E-state index contributed by atoms with van der Waals surface area (Å²) in [6.07, 6.45) is -0.124. The fourth-order valence-corrected chi connectivity index (χ4v) is 3.14. The Kier molecular flexibility index (Phi) is 3.70. The van der Waals surface area contributed by atoms with Crippen LogP contribution in [0.2, 0.25) is 0 Å². The molecule has 2 amide bonds. The van der Waals surface area contributed by atoms with Gasteiger partial charge in [-0.2, -0.15) is 5.10 Å². The minimum absolute atomic E-state index is 0.0553. The van der Waals surface area contributed by atoms with Crippen molar-refractivity contribution in [2.24, 2.45) is 0 Å². The number of fused-ring (bicyclic) bond motifs is 1. The van der Waals surface area contributed by atoms with Gasteiger partial charge in [-0.1, -0.05) is 0 Å². The number of amides is 2. The van der Waals surface area contributed by atoms with Crippen molar-refractivity contribution in [3.63, 3.8) is 0 Å². The molecule has 0 radical (unpaired) electrons. The van der Waals surface area contributed by atoms with E-state index in [0.29, 0.717) is 18.8 Å². The van der Waals surface area contributed by atoms with Crippen molar-refractivity contribution in [2.45, 2.75) is 25.1 Å². The fourth-order valence-electron chi connectivity index (χ4n) is 3.14. The van der Waals surface area contributed by atoms with Gasteiger partial charge in [0.15, 0.2) is 11.5 Å². The quantitative estimate of drug-likeness (QED) is 0.872. The Labute approximate surface area is 141 Å². The lowest BCUT2D eigenvalue weighted by atomic mass is 9.95. The van der Waals surface area contributed by atoms with E-state index in [2.05, 4.69) is 25.0 Å². The predicted octanol–water partition coefficient (Wildman–Crippen LogP) is 3.14. The molecule has 1 aromatic carbocycles. The summed E-state index contributed by atoms with van der Waals surface area (Å²) in [7, 11) is 0. The van der Waals surface area contributed by atoms with E-state index in [9.17, 15) is 13.6 Å². The van der Waals surface area contributed by atoms with Crippen molar-refractivity contribution in [2.75, 3.05) is 18.4 Å². The Balaban J connectivity index is 1.42. The first kappa shape index (κ1) is 15.7. The molecule has 1 aromatic heterocycles. The molecule has 7 nitrogen and oxygen atoms in total. The summed E-state index contributed by atoms with van der Waals surface area (Å²) >= 11 is 0. The number of nitrogens with zero attached hydrogens (tertiary/aromatic N) is 2. The van der Waals surface area contributed by atoms with E-state index in [1.807, 2.05) is 6.07 Å². The molecule has 2 aromatic rings. The molecule has 1 fully saturated rings. The van der Waals surface area contributed by atoms with Gasteiger partial charge in [0.25, 0.3) is 0 Å². The van der Waals surface area contributed by atoms with Crippen molar-refractivity contribution in [1.82, 2.24) is 15.1 Å². The second-order valence-electron chi connectivity index (χ2n) is 6.06. The highest BCUT2D eigenvalue weighted by Crippen LogP contribution is 2.42. The van der Waals surface area contributed by atoms with Crippen LogP contribution in [0.3, 0.4) is 0 Å². The highest BCUT2D eigenvalue weighted by atomic mass is 19.3. The third-order valence-corrected chi connectivity index (χ3v) is 4.32. The number of carbonyl (C=O) groups excluding carboxylic acids is 1. The maximum absolute atomic E-state index is 13.1. The molecule has 1 saturated heterocycles. The summed E-state index contributed by atoms with van der Waals surface area (Å²) in [6, 6.07) is 5.79. The number of nitrogens with one attached hydrogen (secondary N) is 2. The van der Waals surface area contributed by atoms with Crippen LogP contribution in [-0.4, -0.2) is 40.5 Å². The summed E-state index contributed by atoms with van der Waals surface area (Å²) < 4.78 is 34.8. The number of hydrogen-bond donors (Lipinski definition) is 2. The average molecular weight is 350 g/mol. The van der Waals surface area contributed by atoms with Crippen LogP contribution in [0.4, 0.5) is 19.3 Å². The molecule has 9 heteroatoms. The van der Waals surface area contributed by atoms with Crippen LogP contribution >= 0.6 is 0 Å². The Morgan fingerprint density at radius 1 is 1.32 bits per heavy atom. The van der Waals surface area contributed by atoms with E-state index in [1.54, 1.807) is 11.1 Å². The second-order valence-corrected chi connectivity index (χ2v) is 6.06. The lowest BCUT2D eigenvalue weighted by Gasteiger charge is -2.32. The van der Waals surface area contributed by atoms with Gasteiger partial charge in [-0.15, -0.1) is 8.78 Å². The first-order valence-corrected chi connectivity index (χ1v) is 7.95. The molecule has 1 unspecified atom stereocenters. The van der Waals surface area contributed by atoms with Gasteiger partial charge in [-0.25, -0.2) is 4.79 Å². The number of rotatable bonds is 2. The zero-order valence-corrected chi connectivity index (χ0v) is 13.2. The number of alkyl halides is 2. The van der Waals surface area contributed by atoms with Gasteiger partial charge in [-0.3, -0.25) is 5.10 Å². The smallest absolute Gasteiger partial charge is 0.395 e. The lowest BCUT2D eigenvalue weighted by molar-refractivity contribution is -0.286. The maximum Gasteiger partial charge on any atom is 0.586 e. The molecule has 1 atom stereocenters. The van der Waals surface area contributed by atoms with Crippen LogP contribution in [0, 0.1) is 0 Å². The van der Waals surface area contributed by atoms with Gasteiger partial charge in [0.1, 0.15) is 0 Å². The molecular weight excluding hydrogens is 334 g/mol. The Hall–Kier alpha value is -2.84. The van der Waals surface area contributed by atoms with Gasteiger partial charge < -0.3 is 19.7 Å². The van der Waals surface area contributed by atoms with Gasteiger partial charge in [0.2, 0.25) is 0 Å². The molecule has 0 aliphatic carbocycles. The molecule has 25 heavy (non-hydrogen) atoms. The minimum atomic E-state index is -3.67. The number of anilines is 1. The van der Waals surface area contributed by atoms with E-state index in [4.69, 9.17) is 0 Å². The molecule has 4 rings (SSSR count). The molecule has 0 spiro atoms. The lowest BCUT2D eigenvalue weighted by Crippen LogP contribution is -2.41. The van der Waals surface area contributed by atoms with Gasteiger partial charge in [0.05, 0.1) is 0 Å². The number of carbonyl (C=O) groups is 1. The van der Waals surface area contributed by atoms with Crippen molar-refractivity contribution >= 4 is 11.7 Å². The monoisotopic (exact) mass is 350 g/mol. The molecule has 2 aliphatic rings. The number of urea groups is 1. The number of halogens is 2. The van der Waals surface area contributed by atoms with Crippen molar-refractivity contribution in [1.29, 1.82) is 0 Å². The molecule has 2 aliphatic heterocycles. The highest BCUT2D eigenvalue weighted by Gasteiger charge is 2.43. The van der Waals surface area contributed by atoms with Crippen LogP contribution in [0.15, 0.2) is 30.5 Å². The molecule has 0 saturated carbocycles. The van der Waals surface area contributed by atoms with Crippen molar-refractivity contribution in [3.8, 4) is 11.5 Å². The van der Waals surface area contributed by atoms with E-state index in [-0.39, 0.29) is 23.4 Å². The van der Waals surface area contributed by atoms with Crippen LogP contribution in [0.5, 0.6) is 11.5 Å². The maximum atomic E-state index is 13.1. The third-order valence-electron chi connectivity index (χ3n) is 4.32. The summed E-state index contributed by atoms with van der Waals surface area (Å²) in [6.45, 7) is 1.20. The van der Waals surface area contributed by atoms with Gasteiger partial charge in [-0.05, 0) is 31.0 Å². The third kappa shape index (κ3) is 3.21. The number of piperidine rings is 1. The van der Waals surface area contributed by atoms with E-state index in [0.717, 1.165) is 18.5 Å². The Morgan fingerprint density at radius 3 is 2.96 bits per heavy atom. The first-order chi connectivity index (χ1) is 12.0. The molecule has 0 bridgehead atoms. The number of likely N-dealkylation sites (tertiary alicyclic amines) is 1. The van der Waals surface area contributed by atoms with Crippen LogP contribution in [0.1, 0.15) is 24.5 Å². The molecule has 132 valence electrons. The molecular formula is C16H16F2N4O3. The van der Waals surface area contributed by atoms with E-state index >= 15 is 0 Å². The highest BCUT2D eigenvalue weighted by molar-refractivity contribution is 5.89. The van der Waals surface area contributed by atoms with E-state index in [1.165, 1.54) is 18.2 Å². The minimum Gasteiger partial charge on any atom is -0.395 e. The standard InChI is InChI=1S/C16H16F2N4O3/c17-16(18)24-13-4-3-11(8-14(13)25-16)20-15(23)22-7-1-2-10(9-22)12-5-6-19-21-12/h3-6,8,10H,1-2,7,9H2,(H,19,21)(H,20,23). The number of aromatic nitrogens is 2. The largest absolute Gasteiger partial charge is 0.586 e. The zero-order valence-electron chi connectivity index (χ0n) is 13.2. The molecule has 2 N–H and O–H groups in total. The average Bonchev–Trinajstić information content (AvgIpc) is 3.21. The summed E-state index contributed by atoms with van der Waals surface area (Å²) in [4.78, 5) is 14.2. The summed E-state index contributed by atoms with van der Waals surface area (Å²) in [5, 5.41) is 9.61. The Bertz CT molecular complexity index is 782. The molecule has 3 heterocycles. The normalized spacial score (nSPS) is 21.2. The number of ether oxygens (including phenoxy) is 2. The first-order valence-electron chi connectivity index (χ1n) is 7.95. The topological polar surface area (TPSA) is 79.5 Å². The van der Waals surface area contributed by atoms with Crippen LogP contribution < -0.4 is 14.8 Å². The summed E-state index contributed by atoms with van der Waals surface area (Å²) in [5.41, 5.74) is 1.37. The fraction of sp³-hybridized carbons (Fsp3) is 0.375. The van der Waals surface area contributed by atoms with Gasteiger partial charge >= 0.3 is 12.3 Å². The van der Waals surface area contributed by atoms with Crippen LogP contribution in [0.25, 0.3) is 0 Å². The second kappa shape index (κ2) is 5.91. The van der Waals surface area contributed by atoms with Crippen molar-refractivity contribution < 1.29 is 23.0 Å². The van der Waals surface area contributed by atoms with E-state index < -0.39 is 6.29 Å². The Morgan fingerprint density at radius 2 is 2.16 bits per heavy atom. The van der Waals surface area contributed by atoms with Crippen LogP contribution in [-0.2, 0) is 0 Å². The number of hydrogen-bond acceptors (Lipinski definition) is 4.